The molecule has 5 nitrogen and oxygen atoms in total. The summed E-state index contributed by atoms with van der Waals surface area (Å²) in [5.41, 5.74) is 0.243. The first kappa shape index (κ1) is 19.4. The van der Waals surface area contributed by atoms with E-state index in [1.807, 2.05) is 0 Å². The van der Waals surface area contributed by atoms with E-state index in [0.717, 1.165) is 18.2 Å². The van der Waals surface area contributed by atoms with Crippen molar-refractivity contribution in [2.45, 2.75) is 4.90 Å². The lowest BCUT2D eigenvalue weighted by Gasteiger charge is -2.16. The van der Waals surface area contributed by atoms with Crippen LogP contribution in [0.5, 0.6) is 5.75 Å². The van der Waals surface area contributed by atoms with Crippen LogP contribution < -0.4 is 4.72 Å². The van der Waals surface area contributed by atoms with Gasteiger partial charge in [0.1, 0.15) is 22.9 Å². The molecule has 3 rings (SSSR count). The highest BCUT2D eigenvalue weighted by Crippen LogP contribution is 2.30. The Hall–Kier alpha value is -3.39. The Balaban J connectivity index is 2.02. The summed E-state index contributed by atoms with van der Waals surface area (Å²) in [4.78, 5) is 10.6. The molecule has 3 aromatic carbocycles. The Morgan fingerprint density at radius 1 is 1.00 bits per heavy atom. The molecule has 28 heavy (non-hydrogen) atoms. The number of halogens is 2. The highest BCUT2D eigenvalue weighted by Gasteiger charge is 2.19. The number of carboxylic acid groups (broad SMARTS) is 1. The molecule has 144 valence electrons. The van der Waals surface area contributed by atoms with Gasteiger partial charge in [-0.2, -0.15) is 0 Å². The monoisotopic (exact) mass is 403 g/mol. The minimum atomic E-state index is -3.49. The molecule has 3 N–H and O–H groups in total. The van der Waals surface area contributed by atoms with Crippen molar-refractivity contribution in [1.82, 2.24) is 0 Å². The topological polar surface area (TPSA) is 86.6 Å². The number of benzene rings is 3. The molecular weight excluding hydrogens is 388 g/mol. The van der Waals surface area contributed by atoms with Gasteiger partial charge in [0, 0.05) is 23.4 Å². The zero-order valence-corrected chi connectivity index (χ0v) is 15.2. The molecule has 0 saturated heterocycles. The second-order valence-corrected chi connectivity index (χ2v) is 7.94. The number of hydrogen-bond acceptors (Lipinski definition) is 3. The molecule has 0 fully saturated rings. The molecule has 0 aliphatic carbocycles. The summed E-state index contributed by atoms with van der Waals surface area (Å²) >= 11 is 0. The number of anilines is 1. The van der Waals surface area contributed by atoms with E-state index in [9.17, 15) is 22.9 Å². The van der Waals surface area contributed by atoms with Crippen molar-refractivity contribution >= 4 is 27.2 Å². The normalized spacial score (nSPS) is 12.9. The van der Waals surface area contributed by atoms with Crippen molar-refractivity contribution in [3.63, 3.8) is 0 Å². The molecule has 0 spiro atoms. The largest absolute Gasteiger partial charge is 0.507 e. The second kappa shape index (κ2) is 7.32. The maximum atomic E-state index is 14.4. The Bertz CT molecular complexity index is 1160. The van der Waals surface area contributed by atoms with Gasteiger partial charge in [-0.3, -0.25) is 0 Å². The van der Waals surface area contributed by atoms with E-state index < -0.39 is 33.1 Å². The average Bonchev–Trinajstić information content (AvgIpc) is 2.61. The molecular formula is C20H15F2NO4S. The number of phenols is 1. The van der Waals surface area contributed by atoms with Crippen LogP contribution >= 0.6 is 0 Å². The number of hydrogen-bond donors (Lipinski definition) is 3. The van der Waals surface area contributed by atoms with E-state index in [0.29, 0.717) is 11.6 Å². The zero-order valence-electron chi connectivity index (χ0n) is 14.4. The minimum Gasteiger partial charge on any atom is -0.507 e. The Labute approximate surface area is 160 Å². The molecule has 0 radical (unpaired) electrons. The summed E-state index contributed by atoms with van der Waals surface area (Å²) in [6.45, 7) is 0. The van der Waals surface area contributed by atoms with Crippen LogP contribution in [0.25, 0.3) is 11.1 Å². The lowest BCUT2D eigenvalue weighted by atomic mass is 10.1. The van der Waals surface area contributed by atoms with Crippen LogP contribution in [-0.2, 0) is 9.71 Å². The highest BCUT2D eigenvalue weighted by molar-refractivity contribution is 8.01. The number of nitrogens with one attached hydrogen (secondary N) is 1. The lowest BCUT2D eigenvalue weighted by Crippen LogP contribution is -2.15. The molecule has 0 heterocycles. The molecule has 1 unspecified atom stereocenters. The van der Waals surface area contributed by atoms with E-state index in [2.05, 4.69) is 10.6 Å². The maximum absolute atomic E-state index is 14.4. The average molecular weight is 403 g/mol. The second-order valence-electron chi connectivity index (χ2n) is 5.94. The molecule has 8 heteroatoms. The molecule has 1 atom stereocenters. The number of aromatic hydroxyl groups is 1. The Morgan fingerprint density at radius 3 is 2.29 bits per heavy atom. The molecule has 0 saturated carbocycles. The van der Waals surface area contributed by atoms with Crippen LogP contribution in [0.4, 0.5) is 14.5 Å². The third kappa shape index (κ3) is 3.81. The van der Waals surface area contributed by atoms with Crippen LogP contribution in [0.3, 0.4) is 0 Å². The third-order valence-electron chi connectivity index (χ3n) is 3.97. The van der Waals surface area contributed by atoms with Gasteiger partial charge in [0.25, 0.3) is 0 Å². The van der Waals surface area contributed by atoms with Gasteiger partial charge < -0.3 is 14.9 Å². The van der Waals surface area contributed by atoms with Crippen LogP contribution in [0.15, 0.2) is 65.6 Å². The standard InChI is InChI=1S/C20H15F2NO4S/c1-28(27,23-13-7-8-14(20(25)26)18(24)9-13)19-10-15(16(21)11-17(19)22)12-5-3-2-4-6-12/h2-11,24H,1H2,(H,23,27)(H,25,26). The molecule has 3 aromatic rings. The fraction of sp³-hybridized carbons (Fsp3) is 0. The first-order valence-corrected chi connectivity index (χ1v) is 9.67. The van der Waals surface area contributed by atoms with Gasteiger partial charge >= 0.3 is 5.97 Å². The van der Waals surface area contributed by atoms with Crippen LogP contribution in [-0.4, -0.2) is 26.3 Å². The van der Waals surface area contributed by atoms with Crippen molar-refractivity contribution in [2.24, 2.45) is 0 Å². The summed E-state index contributed by atoms with van der Waals surface area (Å²) in [6, 6.07) is 13.5. The number of aromatic carboxylic acids is 1. The Kier molecular flexibility index (Phi) is 5.06. The maximum Gasteiger partial charge on any atom is 0.339 e. The van der Waals surface area contributed by atoms with Crippen molar-refractivity contribution in [3.8, 4) is 16.9 Å². The Morgan fingerprint density at radius 2 is 1.68 bits per heavy atom. The SMILES string of the molecule is C=S(=O)(Nc1ccc(C(=O)O)c(O)c1)c1cc(-c2ccccc2)c(F)cc1F. The molecule has 0 aliphatic heterocycles. The van der Waals surface area contributed by atoms with Gasteiger partial charge in [-0.25, -0.2) is 17.8 Å². The summed E-state index contributed by atoms with van der Waals surface area (Å²) in [6.07, 6.45) is 0. The zero-order chi connectivity index (χ0) is 20.5. The summed E-state index contributed by atoms with van der Waals surface area (Å²) in [5.74, 6) is -0.250. The van der Waals surface area contributed by atoms with Crippen LogP contribution in [0.2, 0.25) is 0 Å². The first-order chi connectivity index (χ1) is 13.2. The minimum absolute atomic E-state index is 0.0549. The van der Waals surface area contributed by atoms with Crippen LogP contribution in [0, 0.1) is 11.6 Å². The van der Waals surface area contributed by atoms with Gasteiger partial charge in [0.2, 0.25) is 0 Å². The van der Waals surface area contributed by atoms with Gasteiger partial charge in [0.15, 0.2) is 0 Å². The summed E-state index contributed by atoms with van der Waals surface area (Å²) < 4.78 is 44.1. The molecule has 0 amide bonds. The van der Waals surface area contributed by atoms with E-state index in [-0.39, 0.29) is 21.7 Å². The smallest absolute Gasteiger partial charge is 0.339 e. The van der Waals surface area contributed by atoms with Crippen molar-refractivity contribution in [2.75, 3.05) is 4.72 Å². The fourth-order valence-corrected chi connectivity index (χ4v) is 3.94. The molecule has 0 aliphatic rings. The summed E-state index contributed by atoms with van der Waals surface area (Å²) in [7, 11) is -3.49. The van der Waals surface area contributed by atoms with Crippen LogP contribution in [0.1, 0.15) is 10.4 Å². The predicted octanol–water partition coefficient (Wildman–Crippen LogP) is 4.14. The van der Waals surface area contributed by atoms with E-state index in [1.54, 1.807) is 30.3 Å². The number of carbonyl (C=O) groups is 1. The first-order valence-electron chi connectivity index (χ1n) is 7.95. The van der Waals surface area contributed by atoms with E-state index in [1.165, 1.54) is 6.07 Å². The number of rotatable bonds is 5. The van der Waals surface area contributed by atoms with Gasteiger partial charge in [-0.15, -0.1) is 0 Å². The quantitative estimate of drug-likeness (QED) is 0.559. The lowest BCUT2D eigenvalue weighted by molar-refractivity contribution is 0.0694. The van der Waals surface area contributed by atoms with E-state index >= 15 is 0 Å². The molecule has 0 aromatic heterocycles. The van der Waals surface area contributed by atoms with Crippen molar-refractivity contribution in [1.29, 1.82) is 0 Å². The van der Waals surface area contributed by atoms with Gasteiger partial charge in [0.05, 0.1) is 14.6 Å². The predicted molar refractivity (Wildman–Crippen MR) is 104 cm³/mol. The van der Waals surface area contributed by atoms with E-state index in [4.69, 9.17) is 5.11 Å². The number of carboxylic acids is 1. The van der Waals surface area contributed by atoms with Crippen molar-refractivity contribution < 1.29 is 28.0 Å². The fourth-order valence-electron chi connectivity index (χ4n) is 2.64. The van der Waals surface area contributed by atoms with Gasteiger partial charge in [-0.05, 0) is 29.6 Å². The third-order valence-corrected chi connectivity index (χ3v) is 5.56. The summed E-state index contributed by atoms with van der Waals surface area (Å²) in [5, 5.41) is 18.7. The molecule has 0 bridgehead atoms. The van der Waals surface area contributed by atoms with Gasteiger partial charge in [-0.1, -0.05) is 30.3 Å². The van der Waals surface area contributed by atoms with Crippen molar-refractivity contribution in [3.05, 3.63) is 77.9 Å². The highest BCUT2D eigenvalue weighted by atomic mass is 32.2.